The first-order chi connectivity index (χ1) is 14.5. The van der Waals surface area contributed by atoms with Crippen LogP contribution < -0.4 is 15.6 Å². The molecular weight excluding hydrogens is 418 g/mol. The molecule has 1 aliphatic rings. The molecule has 0 atom stereocenters. The minimum absolute atomic E-state index is 0.0599. The van der Waals surface area contributed by atoms with E-state index in [0.29, 0.717) is 11.8 Å². The smallest absolute Gasteiger partial charge is 0.267 e. The van der Waals surface area contributed by atoms with E-state index in [1.165, 1.54) is 16.6 Å². The van der Waals surface area contributed by atoms with Gasteiger partial charge in [-0.15, -0.1) is 11.3 Å². The third kappa shape index (κ3) is 4.11. The number of hydrogen-bond acceptors (Lipinski definition) is 6. The number of carbonyl (C=O) groups excluding carboxylic acids is 1. The number of thioether (sulfide) groups is 1. The van der Waals surface area contributed by atoms with Crippen molar-refractivity contribution in [3.8, 4) is 11.4 Å². The summed E-state index contributed by atoms with van der Waals surface area (Å²) < 4.78 is 7.17. The maximum absolute atomic E-state index is 13.6. The molecule has 0 bridgehead atoms. The molecular formula is C22H25N3O3S2. The highest BCUT2D eigenvalue weighted by Gasteiger charge is 2.24. The number of rotatable bonds is 7. The number of nitrogens with zero attached hydrogens (tertiary/aromatic N) is 2. The van der Waals surface area contributed by atoms with Gasteiger partial charge in [-0.1, -0.05) is 11.8 Å². The Balaban J connectivity index is 1.79. The predicted octanol–water partition coefficient (Wildman–Crippen LogP) is 3.95. The summed E-state index contributed by atoms with van der Waals surface area (Å²) in [4.78, 5) is 32.6. The van der Waals surface area contributed by atoms with Crippen LogP contribution in [-0.4, -0.2) is 33.9 Å². The van der Waals surface area contributed by atoms with Gasteiger partial charge in [0.25, 0.3) is 5.56 Å². The summed E-state index contributed by atoms with van der Waals surface area (Å²) in [5.41, 5.74) is 1.82. The lowest BCUT2D eigenvalue weighted by atomic mass is 10.2. The van der Waals surface area contributed by atoms with Crippen LogP contribution in [-0.2, 0) is 17.6 Å². The molecule has 0 saturated carbocycles. The quantitative estimate of drug-likeness (QED) is 0.442. The topological polar surface area (TPSA) is 73.2 Å². The Labute approximate surface area is 183 Å². The van der Waals surface area contributed by atoms with Crippen molar-refractivity contribution in [2.75, 3.05) is 12.4 Å². The summed E-state index contributed by atoms with van der Waals surface area (Å²) >= 11 is 2.91. The normalized spacial score (nSPS) is 13.1. The maximum Gasteiger partial charge on any atom is 0.267 e. The van der Waals surface area contributed by atoms with Crippen molar-refractivity contribution in [3.63, 3.8) is 0 Å². The Morgan fingerprint density at radius 3 is 2.77 bits per heavy atom. The average molecular weight is 444 g/mol. The zero-order valence-electron chi connectivity index (χ0n) is 17.4. The Morgan fingerprint density at radius 2 is 2.07 bits per heavy atom. The van der Waals surface area contributed by atoms with Crippen LogP contribution in [0, 0.1) is 0 Å². The van der Waals surface area contributed by atoms with Gasteiger partial charge in [0.1, 0.15) is 10.6 Å². The number of thiophene rings is 1. The van der Waals surface area contributed by atoms with Gasteiger partial charge in [0.2, 0.25) is 5.91 Å². The lowest BCUT2D eigenvalue weighted by molar-refractivity contribution is -0.119. The van der Waals surface area contributed by atoms with Crippen molar-refractivity contribution in [1.82, 2.24) is 14.9 Å². The van der Waals surface area contributed by atoms with Crippen molar-refractivity contribution in [2.45, 2.75) is 51.2 Å². The van der Waals surface area contributed by atoms with Crippen LogP contribution in [0.4, 0.5) is 0 Å². The largest absolute Gasteiger partial charge is 0.494 e. The zero-order valence-corrected chi connectivity index (χ0v) is 19.0. The highest BCUT2D eigenvalue weighted by atomic mass is 32.2. The highest BCUT2D eigenvalue weighted by molar-refractivity contribution is 7.99. The van der Waals surface area contributed by atoms with E-state index in [9.17, 15) is 9.59 Å². The second-order valence-electron chi connectivity index (χ2n) is 7.51. The van der Waals surface area contributed by atoms with Crippen molar-refractivity contribution in [1.29, 1.82) is 0 Å². The van der Waals surface area contributed by atoms with Crippen LogP contribution in [0.15, 0.2) is 34.2 Å². The fraction of sp³-hybridized carbons (Fsp3) is 0.409. The van der Waals surface area contributed by atoms with Crippen LogP contribution in [0.2, 0.25) is 0 Å². The Bertz CT molecular complexity index is 1130. The van der Waals surface area contributed by atoms with E-state index in [2.05, 4.69) is 5.32 Å². The number of ether oxygens (including phenoxy) is 1. The van der Waals surface area contributed by atoms with Crippen molar-refractivity contribution < 1.29 is 9.53 Å². The van der Waals surface area contributed by atoms with Crippen LogP contribution in [0.3, 0.4) is 0 Å². The lowest BCUT2D eigenvalue weighted by Gasteiger charge is -2.14. The summed E-state index contributed by atoms with van der Waals surface area (Å²) in [6, 6.07) is 7.51. The van der Waals surface area contributed by atoms with Crippen LogP contribution >= 0.6 is 23.1 Å². The fourth-order valence-electron chi connectivity index (χ4n) is 3.70. The van der Waals surface area contributed by atoms with Gasteiger partial charge in [-0.2, -0.15) is 0 Å². The number of amides is 1. The summed E-state index contributed by atoms with van der Waals surface area (Å²) in [5.74, 6) is 0.889. The second kappa shape index (κ2) is 8.81. The standard InChI is InChI=1S/C22H25N3O3S2/c1-4-28-15-10-8-14(9-11-15)25-21(27)19-16-6-5-7-17(16)30-20(19)24-22(25)29-12-18(26)23-13(2)3/h8-11,13H,4-7,12H2,1-3H3,(H,23,26). The molecule has 30 heavy (non-hydrogen) atoms. The molecule has 2 aromatic heterocycles. The zero-order chi connectivity index (χ0) is 21.3. The monoisotopic (exact) mass is 443 g/mol. The lowest BCUT2D eigenvalue weighted by Crippen LogP contribution is -2.32. The molecule has 3 aromatic rings. The average Bonchev–Trinajstić information content (AvgIpc) is 3.28. The number of hydrogen-bond donors (Lipinski definition) is 1. The second-order valence-corrected chi connectivity index (χ2v) is 9.54. The molecule has 1 aromatic carbocycles. The van der Waals surface area contributed by atoms with Crippen LogP contribution in [0.5, 0.6) is 5.75 Å². The number of nitrogens with one attached hydrogen (secondary N) is 1. The van der Waals surface area contributed by atoms with Gasteiger partial charge >= 0.3 is 0 Å². The number of aryl methyl sites for hydroxylation is 2. The number of fused-ring (bicyclic) bond motifs is 3. The molecule has 0 unspecified atom stereocenters. The molecule has 158 valence electrons. The fourth-order valence-corrected chi connectivity index (χ4v) is 5.83. The molecule has 0 radical (unpaired) electrons. The first kappa shape index (κ1) is 20.9. The van der Waals surface area contributed by atoms with E-state index in [-0.39, 0.29) is 23.3 Å². The number of benzene rings is 1. The molecule has 0 spiro atoms. The molecule has 0 saturated heterocycles. The molecule has 0 aliphatic heterocycles. The molecule has 6 nitrogen and oxygen atoms in total. The molecule has 2 heterocycles. The van der Waals surface area contributed by atoms with Crippen LogP contribution in [0.1, 0.15) is 37.6 Å². The summed E-state index contributed by atoms with van der Waals surface area (Å²) in [6.07, 6.45) is 3.03. The predicted molar refractivity (Wildman–Crippen MR) is 122 cm³/mol. The minimum Gasteiger partial charge on any atom is -0.494 e. The molecule has 4 rings (SSSR count). The first-order valence-corrected chi connectivity index (χ1v) is 12.0. The SMILES string of the molecule is CCOc1ccc(-n2c(SCC(=O)NC(C)C)nc3sc4c(c3c2=O)CCC4)cc1. The molecule has 1 aliphatic carbocycles. The van der Waals surface area contributed by atoms with Gasteiger partial charge in [-0.05, 0) is 69.9 Å². The first-order valence-electron chi connectivity index (χ1n) is 10.2. The molecule has 0 fully saturated rings. The van der Waals surface area contributed by atoms with E-state index >= 15 is 0 Å². The number of carbonyl (C=O) groups is 1. The Kier molecular flexibility index (Phi) is 6.15. The minimum atomic E-state index is -0.0729. The van der Waals surface area contributed by atoms with Crippen LogP contribution in [0.25, 0.3) is 15.9 Å². The van der Waals surface area contributed by atoms with E-state index < -0.39 is 0 Å². The third-order valence-corrected chi connectivity index (χ3v) is 7.02. The van der Waals surface area contributed by atoms with E-state index in [1.807, 2.05) is 45.0 Å². The maximum atomic E-state index is 13.6. The van der Waals surface area contributed by atoms with Gasteiger partial charge in [-0.3, -0.25) is 14.2 Å². The van der Waals surface area contributed by atoms with Gasteiger partial charge < -0.3 is 10.1 Å². The van der Waals surface area contributed by atoms with Gasteiger partial charge in [0, 0.05) is 10.9 Å². The highest BCUT2D eigenvalue weighted by Crippen LogP contribution is 2.36. The molecule has 1 N–H and O–H groups in total. The molecule has 1 amide bonds. The summed E-state index contributed by atoms with van der Waals surface area (Å²) in [6.45, 7) is 6.37. The number of aromatic nitrogens is 2. The summed E-state index contributed by atoms with van der Waals surface area (Å²) in [5, 5.41) is 4.16. The van der Waals surface area contributed by atoms with E-state index in [0.717, 1.165) is 46.5 Å². The molecule has 8 heteroatoms. The summed E-state index contributed by atoms with van der Waals surface area (Å²) in [7, 11) is 0. The van der Waals surface area contributed by atoms with Crippen molar-refractivity contribution >= 4 is 39.2 Å². The Hall–Kier alpha value is -2.32. The van der Waals surface area contributed by atoms with Gasteiger partial charge in [-0.25, -0.2) is 4.98 Å². The van der Waals surface area contributed by atoms with Gasteiger partial charge in [0.05, 0.1) is 23.4 Å². The Morgan fingerprint density at radius 1 is 1.30 bits per heavy atom. The third-order valence-electron chi connectivity index (χ3n) is 4.90. The van der Waals surface area contributed by atoms with E-state index in [1.54, 1.807) is 15.9 Å². The van der Waals surface area contributed by atoms with Crippen molar-refractivity contribution in [3.05, 3.63) is 45.1 Å². The van der Waals surface area contributed by atoms with Gasteiger partial charge in [0.15, 0.2) is 5.16 Å². The van der Waals surface area contributed by atoms with E-state index in [4.69, 9.17) is 9.72 Å². The van der Waals surface area contributed by atoms with Crippen molar-refractivity contribution in [2.24, 2.45) is 0 Å².